The van der Waals surface area contributed by atoms with Crippen molar-refractivity contribution in [2.75, 3.05) is 13.7 Å². The highest BCUT2D eigenvalue weighted by atomic mass is 35.5. The molecule has 0 amide bonds. The zero-order chi connectivity index (χ0) is 19.8. The molecule has 29 heavy (non-hydrogen) atoms. The van der Waals surface area contributed by atoms with Gasteiger partial charge in [0.1, 0.15) is 6.61 Å². The first-order valence-electron chi connectivity index (χ1n) is 9.14. The fourth-order valence-electron chi connectivity index (χ4n) is 2.84. The molecule has 0 fully saturated rings. The van der Waals surface area contributed by atoms with Gasteiger partial charge in [-0.05, 0) is 53.9 Å². The Kier molecular flexibility index (Phi) is 9.62. The lowest BCUT2D eigenvalue weighted by atomic mass is 10.1. The lowest BCUT2D eigenvalue weighted by Gasteiger charge is -2.13. The van der Waals surface area contributed by atoms with Gasteiger partial charge in [0.2, 0.25) is 0 Å². The topological polar surface area (TPSA) is 30.5 Å². The third kappa shape index (κ3) is 7.13. The average Bonchev–Trinajstić information content (AvgIpc) is 2.73. The second-order valence-electron chi connectivity index (χ2n) is 6.43. The van der Waals surface area contributed by atoms with Crippen molar-refractivity contribution in [1.82, 2.24) is 5.32 Å². The largest absolute Gasteiger partial charge is 0.493 e. The van der Waals surface area contributed by atoms with Gasteiger partial charge in [0, 0.05) is 6.54 Å². The van der Waals surface area contributed by atoms with Gasteiger partial charge in [0.05, 0.1) is 17.2 Å². The SMILES string of the molecule is COc1cc(CNCCc2ccccc2)ccc1OCc1ccc(Cl)c(Cl)c1.Cl. The number of nitrogens with one attached hydrogen (secondary N) is 1. The van der Waals surface area contributed by atoms with E-state index in [4.69, 9.17) is 32.7 Å². The Hall–Kier alpha value is -1.91. The fourth-order valence-corrected chi connectivity index (χ4v) is 3.16. The fraction of sp³-hybridized carbons (Fsp3) is 0.217. The van der Waals surface area contributed by atoms with Gasteiger partial charge in [-0.25, -0.2) is 0 Å². The molecule has 3 aromatic rings. The van der Waals surface area contributed by atoms with Gasteiger partial charge in [-0.2, -0.15) is 0 Å². The Morgan fingerprint density at radius 2 is 1.55 bits per heavy atom. The molecular formula is C23H24Cl3NO2. The van der Waals surface area contributed by atoms with Crippen molar-refractivity contribution in [2.24, 2.45) is 0 Å². The van der Waals surface area contributed by atoms with Crippen LogP contribution in [0.4, 0.5) is 0 Å². The third-order valence-corrected chi connectivity index (χ3v) is 5.11. The molecule has 0 radical (unpaired) electrons. The maximum absolute atomic E-state index is 6.06. The van der Waals surface area contributed by atoms with E-state index in [0.29, 0.717) is 28.2 Å². The van der Waals surface area contributed by atoms with Crippen LogP contribution < -0.4 is 14.8 Å². The predicted molar refractivity (Wildman–Crippen MR) is 123 cm³/mol. The Balaban J connectivity index is 0.00000300. The number of hydrogen-bond donors (Lipinski definition) is 1. The minimum absolute atomic E-state index is 0. The molecule has 154 valence electrons. The first-order valence-corrected chi connectivity index (χ1v) is 9.89. The van der Waals surface area contributed by atoms with Gasteiger partial charge >= 0.3 is 0 Å². The summed E-state index contributed by atoms with van der Waals surface area (Å²) >= 11 is 12.0. The molecule has 3 aromatic carbocycles. The summed E-state index contributed by atoms with van der Waals surface area (Å²) < 4.78 is 11.4. The summed E-state index contributed by atoms with van der Waals surface area (Å²) in [6, 6.07) is 21.9. The molecule has 0 saturated carbocycles. The summed E-state index contributed by atoms with van der Waals surface area (Å²) in [5, 5.41) is 4.52. The summed E-state index contributed by atoms with van der Waals surface area (Å²) in [6.07, 6.45) is 1.00. The number of ether oxygens (including phenoxy) is 2. The summed E-state index contributed by atoms with van der Waals surface area (Å²) in [5.74, 6) is 1.41. The van der Waals surface area contributed by atoms with Crippen molar-refractivity contribution in [3.05, 3.63) is 93.5 Å². The Bertz CT molecular complexity index is 904. The van der Waals surface area contributed by atoms with E-state index in [0.717, 1.165) is 30.6 Å². The molecule has 0 saturated heterocycles. The van der Waals surface area contributed by atoms with Crippen molar-refractivity contribution in [2.45, 2.75) is 19.6 Å². The molecule has 0 unspecified atom stereocenters. The van der Waals surface area contributed by atoms with Crippen molar-refractivity contribution in [1.29, 1.82) is 0 Å². The van der Waals surface area contributed by atoms with E-state index in [9.17, 15) is 0 Å². The van der Waals surface area contributed by atoms with Gasteiger partial charge in [-0.1, -0.05) is 65.7 Å². The van der Waals surface area contributed by atoms with E-state index in [1.54, 1.807) is 19.2 Å². The average molecular weight is 453 g/mol. The first kappa shape index (κ1) is 23.4. The van der Waals surface area contributed by atoms with Gasteiger partial charge in [-0.3, -0.25) is 0 Å². The van der Waals surface area contributed by atoms with Crippen LogP contribution in [-0.2, 0) is 19.6 Å². The molecule has 0 aliphatic rings. The monoisotopic (exact) mass is 451 g/mol. The van der Waals surface area contributed by atoms with E-state index in [1.165, 1.54) is 5.56 Å². The number of methoxy groups -OCH3 is 1. The van der Waals surface area contributed by atoms with Crippen LogP contribution >= 0.6 is 35.6 Å². The van der Waals surface area contributed by atoms with Crippen LogP contribution in [0, 0.1) is 0 Å². The van der Waals surface area contributed by atoms with Gasteiger partial charge in [0.25, 0.3) is 0 Å². The first-order chi connectivity index (χ1) is 13.7. The maximum atomic E-state index is 6.06. The number of benzene rings is 3. The number of hydrogen-bond acceptors (Lipinski definition) is 3. The third-order valence-electron chi connectivity index (χ3n) is 4.37. The molecule has 1 N–H and O–H groups in total. The highest BCUT2D eigenvalue weighted by molar-refractivity contribution is 6.42. The molecule has 6 heteroatoms. The quantitative estimate of drug-likeness (QED) is 0.384. The Morgan fingerprint density at radius 3 is 2.28 bits per heavy atom. The highest BCUT2D eigenvalue weighted by Gasteiger charge is 2.07. The van der Waals surface area contributed by atoms with Crippen LogP contribution in [0.1, 0.15) is 16.7 Å². The van der Waals surface area contributed by atoms with Crippen molar-refractivity contribution in [3.8, 4) is 11.5 Å². The molecule has 0 bridgehead atoms. The summed E-state index contributed by atoms with van der Waals surface area (Å²) in [7, 11) is 1.65. The van der Waals surface area contributed by atoms with Crippen LogP contribution in [0.3, 0.4) is 0 Å². The van der Waals surface area contributed by atoms with E-state index < -0.39 is 0 Å². The molecule has 3 nitrogen and oxygen atoms in total. The van der Waals surface area contributed by atoms with Crippen LogP contribution in [0.25, 0.3) is 0 Å². The van der Waals surface area contributed by atoms with E-state index in [-0.39, 0.29) is 12.4 Å². The van der Waals surface area contributed by atoms with Crippen molar-refractivity contribution in [3.63, 3.8) is 0 Å². The molecular weight excluding hydrogens is 429 g/mol. The second-order valence-corrected chi connectivity index (χ2v) is 7.25. The molecule has 3 rings (SSSR count). The van der Waals surface area contributed by atoms with Crippen LogP contribution in [0.15, 0.2) is 66.7 Å². The molecule has 0 atom stereocenters. The van der Waals surface area contributed by atoms with Crippen LogP contribution in [0.2, 0.25) is 10.0 Å². The smallest absolute Gasteiger partial charge is 0.161 e. The van der Waals surface area contributed by atoms with E-state index >= 15 is 0 Å². The van der Waals surface area contributed by atoms with Gasteiger partial charge < -0.3 is 14.8 Å². The highest BCUT2D eigenvalue weighted by Crippen LogP contribution is 2.29. The van der Waals surface area contributed by atoms with Crippen molar-refractivity contribution >= 4 is 35.6 Å². The summed E-state index contributed by atoms with van der Waals surface area (Å²) in [6.45, 7) is 2.08. The zero-order valence-electron chi connectivity index (χ0n) is 16.2. The van der Waals surface area contributed by atoms with Crippen molar-refractivity contribution < 1.29 is 9.47 Å². The maximum Gasteiger partial charge on any atom is 0.161 e. The lowest BCUT2D eigenvalue weighted by Crippen LogP contribution is -2.16. The van der Waals surface area contributed by atoms with E-state index in [1.807, 2.05) is 30.3 Å². The Morgan fingerprint density at radius 1 is 0.793 bits per heavy atom. The van der Waals surface area contributed by atoms with Crippen LogP contribution in [0.5, 0.6) is 11.5 Å². The second kappa shape index (κ2) is 11.9. The lowest BCUT2D eigenvalue weighted by molar-refractivity contribution is 0.284. The molecule has 0 aromatic heterocycles. The standard InChI is InChI=1S/C23H23Cl2NO2.ClH/c1-27-23-14-18(15-26-12-11-17-5-3-2-4-6-17)8-10-22(23)28-16-19-7-9-20(24)21(25)13-19;/h2-10,13-14,26H,11-12,15-16H2,1H3;1H. The zero-order valence-corrected chi connectivity index (χ0v) is 18.5. The van der Waals surface area contributed by atoms with Gasteiger partial charge in [-0.15, -0.1) is 12.4 Å². The van der Waals surface area contributed by atoms with Gasteiger partial charge in [0.15, 0.2) is 11.5 Å². The Labute approximate surface area is 188 Å². The summed E-state index contributed by atoms with van der Waals surface area (Å²) in [4.78, 5) is 0. The number of rotatable bonds is 9. The minimum Gasteiger partial charge on any atom is -0.493 e. The molecule has 0 aliphatic carbocycles. The summed E-state index contributed by atoms with van der Waals surface area (Å²) in [5.41, 5.74) is 3.42. The molecule has 0 spiro atoms. The van der Waals surface area contributed by atoms with E-state index in [2.05, 4.69) is 29.6 Å². The van der Waals surface area contributed by atoms with Crippen LogP contribution in [-0.4, -0.2) is 13.7 Å². The minimum atomic E-state index is 0. The molecule has 0 aliphatic heterocycles. The number of halogens is 3. The molecule has 0 heterocycles. The predicted octanol–water partition coefficient (Wildman–Crippen LogP) is 6.34. The normalized spacial score (nSPS) is 10.3.